The first kappa shape index (κ1) is 13.3. The molecule has 1 unspecified atom stereocenters. The van der Waals surface area contributed by atoms with Crippen molar-refractivity contribution in [1.29, 1.82) is 0 Å². The van der Waals surface area contributed by atoms with Crippen LogP contribution in [0.1, 0.15) is 23.9 Å². The van der Waals surface area contributed by atoms with Gasteiger partial charge in [-0.2, -0.15) is 4.98 Å². The molecule has 0 bridgehead atoms. The number of aromatic nitrogens is 4. The molecule has 0 aliphatic carbocycles. The van der Waals surface area contributed by atoms with Crippen molar-refractivity contribution in [3.8, 4) is 0 Å². The van der Waals surface area contributed by atoms with Crippen molar-refractivity contribution in [3.05, 3.63) is 52.1 Å². The summed E-state index contributed by atoms with van der Waals surface area (Å²) in [5.41, 5.74) is 13.1. The Bertz CT molecular complexity index is 807. The number of H-pyrrole nitrogens is 2. The van der Waals surface area contributed by atoms with E-state index in [-0.39, 0.29) is 17.5 Å². The van der Waals surface area contributed by atoms with Crippen molar-refractivity contribution >= 4 is 17.1 Å². The quantitative estimate of drug-likeness (QED) is 0.565. The molecule has 0 aliphatic rings. The second-order valence-corrected chi connectivity index (χ2v) is 4.89. The van der Waals surface area contributed by atoms with Crippen LogP contribution in [0.5, 0.6) is 0 Å². The third-order valence-corrected chi connectivity index (χ3v) is 3.35. The number of hydrogen-bond acceptors (Lipinski definition) is 5. The van der Waals surface area contributed by atoms with E-state index in [0.29, 0.717) is 23.4 Å². The van der Waals surface area contributed by atoms with Crippen LogP contribution in [0.3, 0.4) is 0 Å². The lowest BCUT2D eigenvalue weighted by atomic mass is 10.0. The number of aromatic amines is 2. The summed E-state index contributed by atoms with van der Waals surface area (Å²) in [6, 6.07) is 9.80. The van der Waals surface area contributed by atoms with Gasteiger partial charge >= 0.3 is 0 Å². The molecule has 2 heterocycles. The molecule has 3 rings (SSSR count). The van der Waals surface area contributed by atoms with E-state index in [1.165, 1.54) is 0 Å². The lowest BCUT2D eigenvalue weighted by molar-refractivity contribution is 0.638. The summed E-state index contributed by atoms with van der Waals surface area (Å²) in [4.78, 5) is 25.4. The average Bonchev–Trinajstić information content (AvgIpc) is 2.89. The first-order chi connectivity index (χ1) is 10.1. The summed E-state index contributed by atoms with van der Waals surface area (Å²) >= 11 is 0. The predicted molar refractivity (Wildman–Crippen MR) is 80.6 cm³/mol. The lowest BCUT2D eigenvalue weighted by Gasteiger charge is -2.10. The van der Waals surface area contributed by atoms with Gasteiger partial charge in [0.2, 0.25) is 5.95 Å². The van der Waals surface area contributed by atoms with E-state index in [9.17, 15) is 4.79 Å². The smallest absolute Gasteiger partial charge is 0.278 e. The molecule has 0 fully saturated rings. The first-order valence-electron chi connectivity index (χ1n) is 6.68. The Kier molecular flexibility index (Phi) is 3.41. The van der Waals surface area contributed by atoms with Crippen LogP contribution in [0.4, 0.5) is 5.95 Å². The number of anilines is 1. The van der Waals surface area contributed by atoms with Gasteiger partial charge in [-0.15, -0.1) is 0 Å². The van der Waals surface area contributed by atoms with Crippen LogP contribution >= 0.6 is 0 Å². The van der Waals surface area contributed by atoms with E-state index < -0.39 is 0 Å². The second kappa shape index (κ2) is 5.37. The summed E-state index contributed by atoms with van der Waals surface area (Å²) in [6.45, 7) is 0. The molecule has 21 heavy (non-hydrogen) atoms. The van der Waals surface area contributed by atoms with Gasteiger partial charge < -0.3 is 16.5 Å². The van der Waals surface area contributed by atoms with E-state index in [1.807, 2.05) is 30.3 Å². The molecule has 108 valence electrons. The molecule has 6 N–H and O–H groups in total. The molecule has 0 radical (unpaired) electrons. The minimum Gasteiger partial charge on any atom is -0.369 e. The summed E-state index contributed by atoms with van der Waals surface area (Å²) in [5, 5.41) is 0. The fourth-order valence-corrected chi connectivity index (χ4v) is 2.25. The van der Waals surface area contributed by atoms with E-state index in [1.54, 1.807) is 0 Å². The van der Waals surface area contributed by atoms with Crippen LogP contribution < -0.4 is 17.0 Å². The first-order valence-corrected chi connectivity index (χ1v) is 6.68. The van der Waals surface area contributed by atoms with E-state index in [4.69, 9.17) is 11.5 Å². The number of nitrogens with zero attached hydrogens (tertiary/aromatic N) is 2. The monoisotopic (exact) mass is 284 g/mol. The summed E-state index contributed by atoms with van der Waals surface area (Å²) in [6.07, 6.45) is 1.35. The van der Waals surface area contributed by atoms with Gasteiger partial charge in [0.25, 0.3) is 5.56 Å². The number of benzene rings is 1. The molecule has 3 aromatic rings. The normalized spacial score (nSPS) is 12.6. The van der Waals surface area contributed by atoms with Gasteiger partial charge in [-0.3, -0.25) is 9.78 Å². The maximum Gasteiger partial charge on any atom is 0.278 e. The minimum absolute atomic E-state index is 0.0616. The Hall–Kier alpha value is -2.67. The second-order valence-electron chi connectivity index (χ2n) is 4.89. The molecule has 2 aromatic heterocycles. The highest BCUT2D eigenvalue weighted by Gasteiger charge is 2.11. The van der Waals surface area contributed by atoms with Crippen molar-refractivity contribution in [2.75, 3.05) is 5.73 Å². The average molecular weight is 284 g/mol. The molecule has 1 aromatic carbocycles. The van der Waals surface area contributed by atoms with E-state index in [2.05, 4.69) is 19.9 Å². The van der Waals surface area contributed by atoms with Gasteiger partial charge in [0.15, 0.2) is 11.2 Å². The van der Waals surface area contributed by atoms with Crippen LogP contribution in [-0.4, -0.2) is 19.9 Å². The van der Waals surface area contributed by atoms with Gasteiger partial charge in [-0.25, -0.2) is 4.98 Å². The third-order valence-electron chi connectivity index (χ3n) is 3.35. The Labute approximate surface area is 120 Å². The molecule has 7 nitrogen and oxygen atoms in total. The van der Waals surface area contributed by atoms with Crippen molar-refractivity contribution in [1.82, 2.24) is 19.9 Å². The predicted octanol–water partition coefficient (Wildman–Crippen LogP) is 0.861. The molecular weight excluding hydrogens is 268 g/mol. The van der Waals surface area contributed by atoms with Crippen LogP contribution in [0.2, 0.25) is 0 Å². The molecule has 7 heteroatoms. The number of nitrogen functional groups attached to an aromatic ring is 1. The highest BCUT2D eigenvalue weighted by molar-refractivity contribution is 5.70. The van der Waals surface area contributed by atoms with E-state index in [0.717, 1.165) is 12.0 Å². The molecule has 0 aliphatic heterocycles. The third kappa shape index (κ3) is 2.77. The van der Waals surface area contributed by atoms with Crippen molar-refractivity contribution < 1.29 is 0 Å². The largest absolute Gasteiger partial charge is 0.369 e. The minimum atomic E-state index is -0.316. The van der Waals surface area contributed by atoms with Gasteiger partial charge in [-0.1, -0.05) is 30.3 Å². The summed E-state index contributed by atoms with van der Waals surface area (Å²) < 4.78 is 0. The Morgan fingerprint density at radius 1 is 1.14 bits per heavy atom. The van der Waals surface area contributed by atoms with Crippen molar-refractivity contribution in [3.63, 3.8) is 0 Å². The number of fused-ring (bicyclic) bond motifs is 1. The lowest BCUT2D eigenvalue weighted by Crippen LogP contribution is -2.11. The number of rotatable bonds is 4. The van der Waals surface area contributed by atoms with Gasteiger partial charge in [0.1, 0.15) is 5.82 Å². The maximum atomic E-state index is 11.7. The number of aryl methyl sites for hydroxylation is 1. The molecule has 0 saturated carbocycles. The molecule has 0 amide bonds. The zero-order valence-electron chi connectivity index (χ0n) is 11.3. The van der Waals surface area contributed by atoms with Crippen LogP contribution in [0.25, 0.3) is 11.2 Å². The summed E-state index contributed by atoms with van der Waals surface area (Å²) in [5.74, 6) is 0.742. The SMILES string of the molecule is Nc1nc2nc(CCC(N)c3ccccc3)[nH]c2c(=O)[nH]1. The highest BCUT2D eigenvalue weighted by Crippen LogP contribution is 2.16. The zero-order valence-corrected chi connectivity index (χ0v) is 11.3. The molecule has 0 saturated heterocycles. The Morgan fingerprint density at radius 3 is 2.67 bits per heavy atom. The fourth-order valence-electron chi connectivity index (χ4n) is 2.25. The number of nitrogens with two attached hydrogens (primary N) is 2. The number of hydrogen-bond donors (Lipinski definition) is 4. The zero-order chi connectivity index (χ0) is 14.8. The van der Waals surface area contributed by atoms with E-state index >= 15 is 0 Å². The maximum absolute atomic E-state index is 11.7. The van der Waals surface area contributed by atoms with Crippen LogP contribution in [0.15, 0.2) is 35.1 Å². The van der Waals surface area contributed by atoms with Crippen molar-refractivity contribution in [2.45, 2.75) is 18.9 Å². The van der Waals surface area contributed by atoms with Crippen LogP contribution in [0, 0.1) is 0 Å². The number of imidazole rings is 1. The topological polar surface area (TPSA) is 126 Å². The molecule has 1 atom stereocenters. The number of nitrogens with one attached hydrogen (secondary N) is 2. The fraction of sp³-hybridized carbons (Fsp3) is 0.214. The van der Waals surface area contributed by atoms with Gasteiger partial charge in [0.05, 0.1) is 0 Å². The Balaban J connectivity index is 1.77. The standard InChI is InChI=1S/C14H16N6O/c15-9(8-4-2-1-3-5-8)6-7-10-17-11-12(18-10)19-14(16)20-13(11)21/h1-5,9H,6-7,15H2,(H4,16,17,18,19,20,21). The van der Waals surface area contributed by atoms with Crippen molar-refractivity contribution in [2.24, 2.45) is 5.73 Å². The van der Waals surface area contributed by atoms with Gasteiger partial charge in [-0.05, 0) is 12.0 Å². The highest BCUT2D eigenvalue weighted by atomic mass is 16.1. The summed E-state index contributed by atoms with van der Waals surface area (Å²) in [7, 11) is 0. The Morgan fingerprint density at radius 2 is 1.90 bits per heavy atom. The van der Waals surface area contributed by atoms with Gasteiger partial charge in [0, 0.05) is 12.5 Å². The molecule has 0 spiro atoms. The molecular formula is C14H16N6O. The van der Waals surface area contributed by atoms with Crippen LogP contribution in [-0.2, 0) is 6.42 Å².